The van der Waals surface area contributed by atoms with E-state index in [1.54, 1.807) is 4.90 Å². The van der Waals surface area contributed by atoms with Crippen molar-refractivity contribution < 1.29 is 14.3 Å². The zero-order valence-corrected chi connectivity index (χ0v) is 13.3. The summed E-state index contributed by atoms with van der Waals surface area (Å²) in [6.07, 6.45) is 2.57. The van der Waals surface area contributed by atoms with Crippen molar-refractivity contribution in [3.63, 3.8) is 0 Å². The van der Waals surface area contributed by atoms with Gasteiger partial charge in [0, 0.05) is 13.1 Å². The predicted octanol–water partition coefficient (Wildman–Crippen LogP) is 1.01. The second-order valence-electron chi connectivity index (χ2n) is 6.09. The number of piperidine rings is 1. The van der Waals surface area contributed by atoms with E-state index in [0.717, 1.165) is 18.4 Å². The molecule has 2 saturated heterocycles. The quantitative estimate of drug-likeness (QED) is 0.814. The second kappa shape index (κ2) is 7.10. The molecule has 3 unspecified atom stereocenters. The van der Waals surface area contributed by atoms with E-state index < -0.39 is 6.04 Å². The van der Waals surface area contributed by atoms with Gasteiger partial charge in [0.1, 0.15) is 6.04 Å². The summed E-state index contributed by atoms with van der Waals surface area (Å²) in [7, 11) is 1.38. The number of methoxy groups -OCH3 is 1. The van der Waals surface area contributed by atoms with Gasteiger partial charge in [0.05, 0.1) is 19.1 Å². The van der Waals surface area contributed by atoms with Gasteiger partial charge < -0.3 is 9.64 Å². The number of ether oxygens (including phenoxy) is 1. The van der Waals surface area contributed by atoms with Gasteiger partial charge in [-0.15, -0.1) is 0 Å². The number of esters is 1. The minimum absolute atomic E-state index is 0.0199. The van der Waals surface area contributed by atoms with Crippen LogP contribution in [0.15, 0.2) is 30.3 Å². The standard InChI is InChI=1S/C17H23N3O3/c1-23-17(22)14-9-5-6-10-20(14)16(21)13-11-18-19-15(13)12-7-3-2-4-8-12/h2-4,7-8,13-15,18-19H,5-6,9-11H2,1H3. The van der Waals surface area contributed by atoms with Crippen LogP contribution in [-0.4, -0.2) is 43.0 Å². The lowest BCUT2D eigenvalue weighted by molar-refractivity contribution is -0.156. The fourth-order valence-corrected chi connectivity index (χ4v) is 3.49. The van der Waals surface area contributed by atoms with Crippen molar-refractivity contribution in [1.29, 1.82) is 0 Å². The molecule has 0 spiro atoms. The van der Waals surface area contributed by atoms with E-state index in [1.807, 2.05) is 30.3 Å². The summed E-state index contributed by atoms with van der Waals surface area (Å²) in [5.41, 5.74) is 7.34. The van der Waals surface area contributed by atoms with Crippen LogP contribution < -0.4 is 10.9 Å². The smallest absolute Gasteiger partial charge is 0.328 e. The SMILES string of the molecule is COC(=O)C1CCCCN1C(=O)C1CNNC1c1ccccc1. The Kier molecular flexibility index (Phi) is 4.93. The topological polar surface area (TPSA) is 70.7 Å². The number of benzene rings is 1. The van der Waals surface area contributed by atoms with Crippen LogP contribution in [0.4, 0.5) is 0 Å². The lowest BCUT2D eigenvalue weighted by Crippen LogP contribution is -2.51. The number of amides is 1. The third kappa shape index (κ3) is 3.23. The molecule has 1 aromatic carbocycles. The lowest BCUT2D eigenvalue weighted by Gasteiger charge is -2.36. The molecule has 0 saturated carbocycles. The molecule has 0 aromatic heterocycles. The Bertz CT molecular complexity index is 563. The Balaban J connectivity index is 1.79. The van der Waals surface area contributed by atoms with E-state index in [0.29, 0.717) is 19.5 Å². The maximum atomic E-state index is 13.1. The highest BCUT2D eigenvalue weighted by Gasteiger charge is 2.41. The first-order chi connectivity index (χ1) is 11.2. The Hall–Kier alpha value is -1.92. The van der Waals surface area contributed by atoms with Gasteiger partial charge in [-0.05, 0) is 24.8 Å². The fraction of sp³-hybridized carbons (Fsp3) is 0.529. The average molecular weight is 317 g/mol. The summed E-state index contributed by atoms with van der Waals surface area (Å²) >= 11 is 0. The van der Waals surface area contributed by atoms with Crippen molar-refractivity contribution in [2.45, 2.75) is 31.3 Å². The largest absolute Gasteiger partial charge is 0.467 e. The highest BCUT2D eigenvalue weighted by Crippen LogP contribution is 2.29. The van der Waals surface area contributed by atoms with E-state index in [1.165, 1.54) is 7.11 Å². The van der Waals surface area contributed by atoms with Crippen LogP contribution in [0.2, 0.25) is 0 Å². The molecule has 1 aromatic rings. The molecular formula is C17H23N3O3. The molecule has 2 heterocycles. The normalized spacial score (nSPS) is 27.7. The van der Waals surface area contributed by atoms with Crippen LogP contribution in [-0.2, 0) is 14.3 Å². The van der Waals surface area contributed by atoms with Gasteiger partial charge in [-0.25, -0.2) is 10.2 Å². The number of carbonyl (C=O) groups is 2. The Morgan fingerprint density at radius 3 is 2.74 bits per heavy atom. The Morgan fingerprint density at radius 1 is 1.22 bits per heavy atom. The van der Waals surface area contributed by atoms with Crippen LogP contribution >= 0.6 is 0 Å². The summed E-state index contributed by atoms with van der Waals surface area (Å²) in [5, 5.41) is 0. The van der Waals surface area contributed by atoms with E-state index in [2.05, 4.69) is 10.9 Å². The highest BCUT2D eigenvalue weighted by atomic mass is 16.5. The Labute approximate surface area is 136 Å². The molecule has 3 atom stereocenters. The number of nitrogens with zero attached hydrogens (tertiary/aromatic N) is 1. The van der Waals surface area contributed by atoms with Gasteiger partial charge in [0.2, 0.25) is 5.91 Å². The van der Waals surface area contributed by atoms with Crippen LogP contribution in [0, 0.1) is 5.92 Å². The van der Waals surface area contributed by atoms with E-state index in [-0.39, 0.29) is 23.8 Å². The number of nitrogens with one attached hydrogen (secondary N) is 2. The van der Waals surface area contributed by atoms with Crippen molar-refractivity contribution in [3.05, 3.63) is 35.9 Å². The van der Waals surface area contributed by atoms with E-state index in [4.69, 9.17) is 4.74 Å². The lowest BCUT2D eigenvalue weighted by atomic mass is 9.91. The van der Waals surface area contributed by atoms with Crippen LogP contribution in [0.25, 0.3) is 0 Å². The molecule has 6 heteroatoms. The summed E-state index contributed by atoms with van der Waals surface area (Å²) in [4.78, 5) is 26.8. The third-order valence-corrected chi connectivity index (χ3v) is 4.72. The molecule has 0 bridgehead atoms. The first-order valence-corrected chi connectivity index (χ1v) is 8.14. The first kappa shape index (κ1) is 16.0. The van der Waals surface area contributed by atoms with Crippen LogP contribution in [0.3, 0.4) is 0 Å². The van der Waals surface area contributed by atoms with Crippen molar-refractivity contribution >= 4 is 11.9 Å². The molecule has 6 nitrogen and oxygen atoms in total. The second-order valence-corrected chi connectivity index (χ2v) is 6.09. The monoisotopic (exact) mass is 317 g/mol. The van der Waals surface area contributed by atoms with Gasteiger partial charge in [-0.2, -0.15) is 0 Å². The van der Waals surface area contributed by atoms with Gasteiger partial charge in [-0.1, -0.05) is 30.3 Å². The minimum atomic E-state index is -0.446. The summed E-state index contributed by atoms with van der Waals surface area (Å²) in [6.45, 7) is 1.18. The number of hydrogen-bond acceptors (Lipinski definition) is 5. The zero-order chi connectivity index (χ0) is 16.2. The maximum absolute atomic E-state index is 13.1. The highest BCUT2D eigenvalue weighted by molar-refractivity contribution is 5.87. The molecule has 2 N–H and O–H groups in total. The number of hydrogen-bond donors (Lipinski definition) is 2. The molecule has 2 aliphatic heterocycles. The van der Waals surface area contributed by atoms with Gasteiger partial charge >= 0.3 is 5.97 Å². The van der Waals surface area contributed by atoms with Crippen molar-refractivity contribution in [3.8, 4) is 0 Å². The van der Waals surface area contributed by atoms with Crippen LogP contribution in [0.5, 0.6) is 0 Å². The molecule has 2 aliphatic rings. The summed E-state index contributed by atoms with van der Waals surface area (Å²) in [5.74, 6) is -0.512. The molecule has 23 heavy (non-hydrogen) atoms. The van der Waals surface area contributed by atoms with Crippen LogP contribution in [0.1, 0.15) is 30.9 Å². The molecule has 1 amide bonds. The van der Waals surface area contributed by atoms with E-state index >= 15 is 0 Å². The third-order valence-electron chi connectivity index (χ3n) is 4.72. The van der Waals surface area contributed by atoms with Crippen molar-refractivity contribution in [2.24, 2.45) is 5.92 Å². The minimum Gasteiger partial charge on any atom is -0.467 e. The summed E-state index contributed by atoms with van der Waals surface area (Å²) < 4.78 is 4.88. The van der Waals surface area contributed by atoms with E-state index in [9.17, 15) is 9.59 Å². The molecule has 0 radical (unpaired) electrons. The molecular weight excluding hydrogens is 294 g/mol. The van der Waals surface area contributed by atoms with Gasteiger partial charge in [0.15, 0.2) is 0 Å². The van der Waals surface area contributed by atoms with Gasteiger partial charge in [0.25, 0.3) is 0 Å². The average Bonchev–Trinajstić information content (AvgIpc) is 3.11. The fourth-order valence-electron chi connectivity index (χ4n) is 3.49. The number of likely N-dealkylation sites (tertiary alicyclic amines) is 1. The van der Waals surface area contributed by atoms with Gasteiger partial charge in [-0.3, -0.25) is 10.2 Å². The number of carbonyl (C=O) groups excluding carboxylic acids is 2. The Morgan fingerprint density at radius 2 is 2.00 bits per heavy atom. The predicted molar refractivity (Wildman–Crippen MR) is 85.2 cm³/mol. The first-order valence-electron chi connectivity index (χ1n) is 8.14. The molecule has 2 fully saturated rings. The molecule has 3 rings (SSSR count). The van der Waals surface area contributed by atoms with Crippen molar-refractivity contribution in [1.82, 2.24) is 15.8 Å². The maximum Gasteiger partial charge on any atom is 0.328 e. The van der Waals surface area contributed by atoms with Crippen molar-refractivity contribution in [2.75, 3.05) is 20.2 Å². The zero-order valence-electron chi connectivity index (χ0n) is 13.3. The molecule has 0 aliphatic carbocycles. The summed E-state index contributed by atoms with van der Waals surface area (Å²) in [6, 6.07) is 9.39. The number of hydrazine groups is 1. The number of rotatable bonds is 3. The molecule has 124 valence electrons.